The van der Waals surface area contributed by atoms with Gasteiger partial charge in [0, 0.05) is 75.9 Å². The van der Waals surface area contributed by atoms with Crippen molar-refractivity contribution in [2.75, 3.05) is 82.3 Å². The molecule has 366 valence electrons. The zero-order valence-corrected chi connectivity index (χ0v) is 40.9. The first kappa shape index (κ1) is 47.0. The Morgan fingerprint density at radius 1 is 0.928 bits per heavy atom. The number of aromatic nitrogens is 4. The summed E-state index contributed by atoms with van der Waals surface area (Å²) in [6, 6.07) is 19.5. The Labute approximate surface area is 407 Å². The maximum atomic E-state index is 14.3. The number of carbonyl (C=O) groups excluding carboxylic acids is 2. The van der Waals surface area contributed by atoms with Gasteiger partial charge in [-0.1, -0.05) is 50.2 Å². The average molecular weight is 960 g/mol. The number of ether oxygens (including phenoxy) is 1. The third-order valence-corrected chi connectivity index (χ3v) is 16.1. The fourth-order valence-electron chi connectivity index (χ4n) is 11.3. The first-order valence-electron chi connectivity index (χ1n) is 24.7. The van der Waals surface area contributed by atoms with Crippen molar-refractivity contribution in [2.24, 2.45) is 5.92 Å². The second kappa shape index (κ2) is 20.4. The van der Waals surface area contributed by atoms with E-state index >= 15 is 0 Å². The number of piperazine rings is 1. The van der Waals surface area contributed by atoms with E-state index in [1.165, 1.54) is 17.7 Å². The molecule has 5 aromatic rings. The lowest BCUT2D eigenvalue weighted by molar-refractivity contribution is -0.141. The molecule has 0 spiro atoms. The summed E-state index contributed by atoms with van der Waals surface area (Å²) in [7, 11) is 0. The molecule has 10 rings (SSSR count). The monoisotopic (exact) mass is 959 g/mol. The number of amides is 2. The van der Waals surface area contributed by atoms with Crippen molar-refractivity contribution in [1.82, 2.24) is 45.3 Å². The molecular formula is C51H65N11O6S. The van der Waals surface area contributed by atoms with Crippen LogP contribution in [0.4, 0.5) is 11.5 Å². The summed E-state index contributed by atoms with van der Waals surface area (Å²) in [4.78, 5) is 45.3. The smallest absolute Gasteiger partial charge is 0.254 e. The number of thiazole rings is 1. The molecule has 3 aromatic heterocycles. The lowest BCUT2D eigenvalue weighted by Gasteiger charge is -2.49. The van der Waals surface area contributed by atoms with Gasteiger partial charge in [0.1, 0.15) is 24.3 Å². The van der Waals surface area contributed by atoms with E-state index < -0.39 is 18.1 Å². The molecule has 5 aliphatic heterocycles. The highest BCUT2D eigenvalue weighted by molar-refractivity contribution is 7.13. The molecular weight excluding hydrogens is 895 g/mol. The number of benzene rings is 2. The van der Waals surface area contributed by atoms with Crippen molar-refractivity contribution >= 4 is 34.7 Å². The number of carbonyl (C=O) groups is 2. The second-order valence-corrected chi connectivity index (χ2v) is 20.7. The Kier molecular flexibility index (Phi) is 13.9. The van der Waals surface area contributed by atoms with Crippen LogP contribution in [-0.2, 0) is 9.59 Å². The van der Waals surface area contributed by atoms with Gasteiger partial charge in [-0.2, -0.15) is 0 Å². The van der Waals surface area contributed by atoms with E-state index in [2.05, 4.69) is 56.6 Å². The van der Waals surface area contributed by atoms with Crippen molar-refractivity contribution in [3.63, 3.8) is 0 Å². The summed E-state index contributed by atoms with van der Waals surface area (Å²) in [6.45, 7) is 17.1. The number of nitrogens with zero attached hydrogens (tertiary/aromatic N) is 9. The molecule has 4 saturated heterocycles. The molecule has 6 atom stereocenters. The van der Waals surface area contributed by atoms with Crippen LogP contribution < -0.4 is 20.3 Å². The molecule has 2 amide bonds. The quantitative estimate of drug-likeness (QED) is 0.111. The lowest BCUT2D eigenvalue weighted by Crippen LogP contribution is -2.61. The zero-order chi connectivity index (χ0) is 47.8. The number of aliphatic hydroxyl groups is 1. The number of aliphatic hydroxyl groups excluding tert-OH is 1. The molecule has 0 unspecified atom stereocenters. The number of nitrogens with one attached hydrogen (secondary N) is 2. The molecule has 0 bridgehead atoms. The number of hydrogen-bond donors (Lipinski definition) is 4. The molecule has 4 N–H and O–H groups in total. The van der Waals surface area contributed by atoms with E-state index in [0.29, 0.717) is 47.6 Å². The van der Waals surface area contributed by atoms with Crippen molar-refractivity contribution in [1.29, 1.82) is 0 Å². The van der Waals surface area contributed by atoms with Gasteiger partial charge in [-0.15, -0.1) is 21.5 Å². The van der Waals surface area contributed by atoms with Gasteiger partial charge in [0.15, 0.2) is 11.6 Å². The standard InChI is InChI=1S/C51H65N11O6S/c1-31(2)47(51(66)62-29-39(63)23-43(62)50(65)54-32(3)34-9-11-35(12-10-34)48-33(4)53-30-69-48)45-25-46(57-68-45)67-22-21-58-16-13-37(27-58)59-17-14-36(15-18-59)60-19-20-61-38(28-60)26-52-49-42(61)24-41(55-56-49)40-7-5-6-8-44(40)64/h5-12,24-25,30-32,36-39,43,47,63-64H,13-23,26-29H2,1-4H3,(H,52,56)(H,54,65)/t32-,37-,38+,39+,43-,47+/m0/s1. The number of hydrogen-bond acceptors (Lipinski definition) is 16. The van der Waals surface area contributed by atoms with Crippen molar-refractivity contribution in [3.05, 3.63) is 83.2 Å². The van der Waals surface area contributed by atoms with Gasteiger partial charge in [-0.05, 0) is 93.1 Å². The van der Waals surface area contributed by atoms with Crippen LogP contribution in [0.15, 0.2) is 70.7 Å². The van der Waals surface area contributed by atoms with Crippen LogP contribution >= 0.6 is 11.3 Å². The maximum absolute atomic E-state index is 14.3. The lowest BCUT2D eigenvalue weighted by atomic mass is 9.91. The minimum atomic E-state index is -0.816. The number of likely N-dealkylation sites (tertiary alicyclic amines) is 3. The van der Waals surface area contributed by atoms with E-state index in [1.807, 2.05) is 75.7 Å². The minimum absolute atomic E-state index is 0.0664. The number of piperidine rings is 1. The number of aromatic hydroxyl groups is 1. The summed E-state index contributed by atoms with van der Waals surface area (Å²) in [6.07, 6.45) is 2.82. The normalized spacial score (nSPS) is 23.4. The molecule has 2 aromatic carbocycles. The van der Waals surface area contributed by atoms with Gasteiger partial charge in [-0.3, -0.25) is 24.3 Å². The Hall–Kier alpha value is -5.66. The van der Waals surface area contributed by atoms with Crippen LogP contribution in [0.2, 0.25) is 0 Å². The number of rotatable bonds is 14. The van der Waals surface area contributed by atoms with Gasteiger partial charge < -0.3 is 39.9 Å². The number of β-amino-alcohol motifs (C(OH)–C–C–N with tert-alkyl or cyclic N) is 1. The van der Waals surface area contributed by atoms with Gasteiger partial charge in [0.25, 0.3) is 5.88 Å². The van der Waals surface area contributed by atoms with E-state index in [9.17, 15) is 19.8 Å². The average Bonchev–Trinajstić information content (AvgIpc) is 4.20. The number of para-hydroxylation sites is 1. The number of fused-ring (bicyclic) bond motifs is 3. The third-order valence-electron chi connectivity index (χ3n) is 15.1. The Bertz CT molecular complexity index is 2580. The Morgan fingerprint density at radius 2 is 1.72 bits per heavy atom. The Balaban J connectivity index is 0.669. The van der Waals surface area contributed by atoms with Gasteiger partial charge in [0.2, 0.25) is 11.8 Å². The molecule has 8 heterocycles. The summed E-state index contributed by atoms with van der Waals surface area (Å²) in [5.41, 5.74) is 7.28. The zero-order valence-electron chi connectivity index (χ0n) is 40.0. The molecule has 0 aliphatic carbocycles. The highest BCUT2D eigenvalue weighted by Crippen LogP contribution is 2.38. The largest absolute Gasteiger partial charge is 0.507 e. The highest BCUT2D eigenvalue weighted by atomic mass is 32.1. The van der Waals surface area contributed by atoms with E-state index in [1.54, 1.807) is 23.5 Å². The molecule has 0 radical (unpaired) electrons. The number of anilines is 2. The third kappa shape index (κ3) is 10.0. The van der Waals surface area contributed by atoms with Crippen LogP contribution in [0.5, 0.6) is 11.6 Å². The van der Waals surface area contributed by atoms with Crippen LogP contribution in [0.1, 0.15) is 75.4 Å². The van der Waals surface area contributed by atoms with E-state index in [4.69, 9.17) is 9.26 Å². The number of aryl methyl sites for hydroxylation is 1. The van der Waals surface area contributed by atoms with E-state index in [-0.39, 0.29) is 42.5 Å². The molecule has 17 nitrogen and oxygen atoms in total. The fraction of sp³-hybridized carbons (Fsp3) is 0.529. The maximum Gasteiger partial charge on any atom is 0.254 e. The molecule has 0 saturated carbocycles. The van der Waals surface area contributed by atoms with Crippen molar-refractivity contribution in [3.8, 4) is 33.3 Å². The van der Waals surface area contributed by atoms with Gasteiger partial charge in [0.05, 0.1) is 45.7 Å². The topological polar surface area (TPSA) is 189 Å². The van der Waals surface area contributed by atoms with Crippen molar-refractivity contribution < 1.29 is 29.1 Å². The van der Waals surface area contributed by atoms with Crippen molar-refractivity contribution in [2.45, 2.75) is 95.6 Å². The predicted molar refractivity (Wildman–Crippen MR) is 264 cm³/mol. The molecule has 69 heavy (non-hydrogen) atoms. The molecule has 4 fully saturated rings. The molecule has 18 heteroatoms. The van der Waals surface area contributed by atoms with Crippen LogP contribution in [0, 0.1) is 12.8 Å². The second-order valence-electron chi connectivity index (χ2n) is 19.9. The summed E-state index contributed by atoms with van der Waals surface area (Å²) < 4.78 is 11.9. The highest BCUT2D eigenvalue weighted by Gasteiger charge is 2.44. The SMILES string of the molecule is Cc1ncsc1-c1ccc([C@H](C)NC(=O)[C@@H]2C[C@@H](O)CN2C(=O)[C@@H](c2cc(OCCN3CC[C@H](N4CCC(N5CCN6c7cc(-c8ccccc8O)nnc7NC[C@@H]6C5)CC4)C3)no2)C(C)C)cc1. The van der Waals surface area contributed by atoms with Crippen LogP contribution in [0.25, 0.3) is 21.7 Å². The summed E-state index contributed by atoms with van der Waals surface area (Å²) in [5, 5.41) is 40.9. The summed E-state index contributed by atoms with van der Waals surface area (Å²) in [5.74, 6) is 0.299. The molecule has 5 aliphatic rings. The fourth-order valence-corrected chi connectivity index (χ4v) is 12.1. The number of phenolic OH excluding ortho intramolecular Hbond substituents is 1. The first-order valence-corrected chi connectivity index (χ1v) is 25.6. The van der Waals surface area contributed by atoms with Gasteiger partial charge in [-0.25, -0.2) is 4.98 Å². The summed E-state index contributed by atoms with van der Waals surface area (Å²) >= 11 is 1.60. The van der Waals surface area contributed by atoms with Crippen LogP contribution in [-0.4, -0.2) is 164 Å². The number of phenols is 1. The minimum Gasteiger partial charge on any atom is -0.507 e. The Morgan fingerprint density at radius 3 is 2.49 bits per heavy atom. The van der Waals surface area contributed by atoms with Crippen LogP contribution in [0.3, 0.4) is 0 Å². The first-order chi connectivity index (χ1) is 33.5. The van der Waals surface area contributed by atoms with E-state index in [0.717, 1.165) is 98.5 Å². The van der Waals surface area contributed by atoms with Gasteiger partial charge >= 0.3 is 0 Å². The predicted octanol–water partition coefficient (Wildman–Crippen LogP) is 5.38.